The lowest BCUT2D eigenvalue weighted by atomic mass is 10.1. The van der Waals surface area contributed by atoms with Crippen LogP contribution in [0.2, 0.25) is 0 Å². The Morgan fingerprint density at radius 2 is 1.90 bits per heavy atom. The molecule has 3 rings (SSSR count). The van der Waals surface area contributed by atoms with Gasteiger partial charge in [0.2, 0.25) is 11.9 Å². The highest BCUT2D eigenvalue weighted by Crippen LogP contribution is 2.15. The monoisotopic (exact) mass is 432 g/mol. The minimum Gasteiger partial charge on any atom is -0.379 e. The number of piperidine rings is 1. The van der Waals surface area contributed by atoms with Gasteiger partial charge < -0.3 is 25.2 Å². The number of amides is 1. The van der Waals surface area contributed by atoms with Crippen LogP contribution in [0.1, 0.15) is 19.3 Å². The first-order chi connectivity index (χ1) is 15.1. The van der Waals surface area contributed by atoms with Crippen molar-refractivity contribution in [2.45, 2.75) is 25.3 Å². The molecule has 172 valence electrons. The van der Waals surface area contributed by atoms with Crippen molar-refractivity contribution in [2.24, 2.45) is 4.99 Å². The summed E-state index contributed by atoms with van der Waals surface area (Å²) in [6.45, 7) is 7.42. The maximum absolute atomic E-state index is 12.0. The predicted octanol–water partition coefficient (Wildman–Crippen LogP) is -0.209. The summed E-state index contributed by atoms with van der Waals surface area (Å²) in [7, 11) is 3.50. The quantitative estimate of drug-likeness (QED) is 0.331. The highest BCUT2D eigenvalue weighted by molar-refractivity contribution is 5.84. The molecular weight excluding hydrogens is 396 g/mol. The zero-order valence-electron chi connectivity index (χ0n) is 18.8. The van der Waals surface area contributed by atoms with Gasteiger partial charge in [0, 0.05) is 65.3 Å². The standard InChI is InChI=1S/C21H36N8O2/c1-27(2)19(30)17-25-20(22-9-4-10-28-13-15-31-16-14-28)26-18-5-11-29(12-6-18)21-23-7-3-8-24-21/h3,7-8,18H,4-6,9-17H2,1-2H3,(H2,22,25,26). The number of aromatic nitrogens is 2. The number of aliphatic imine (C=N–C) groups is 1. The average Bonchev–Trinajstić information content (AvgIpc) is 2.81. The number of carbonyl (C=O) groups is 1. The van der Waals surface area contributed by atoms with Crippen molar-refractivity contribution in [3.63, 3.8) is 0 Å². The molecule has 10 heteroatoms. The summed E-state index contributed by atoms with van der Waals surface area (Å²) < 4.78 is 5.40. The second-order valence-corrected chi connectivity index (χ2v) is 8.14. The van der Waals surface area contributed by atoms with Crippen LogP contribution in [0, 0.1) is 0 Å². The van der Waals surface area contributed by atoms with E-state index in [-0.39, 0.29) is 12.5 Å². The Morgan fingerprint density at radius 1 is 1.19 bits per heavy atom. The lowest BCUT2D eigenvalue weighted by molar-refractivity contribution is -0.127. The first-order valence-corrected chi connectivity index (χ1v) is 11.2. The predicted molar refractivity (Wildman–Crippen MR) is 121 cm³/mol. The van der Waals surface area contributed by atoms with Crippen LogP contribution in [0.15, 0.2) is 23.5 Å². The van der Waals surface area contributed by atoms with E-state index in [2.05, 4.69) is 35.4 Å². The molecule has 0 bridgehead atoms. The maximum Gasteiger partial charge on any atom is 0.243 e. The van der Waals surface area contributed by atoms with Crippen molar-refractivity contribution in [2.75, 3.05) is 78.0 Å². The van der Waals surface area contributed by atoms with Gasteiger partial charge in [-0.05, 0) is 31.9 Å². The molecule has 2 saturated heterocycles. The first kappa shape index (κ1) is 23.2. The Balaban J connectivity index is 1.46. The smallest absolute Gasteiger partial charge is 0.243 e. The fourth-order valence-corrected chi connectivity index (χ4v) is 3.65. The summed E-state index contributed by atoms with van der Waals surface area (Å²) in [5, 5.41) is 6.94. The van der Waals surface area contributed by atoms with Gasteiger partial charge in [-0.25, -0.2) is 15.0 Å². The summed E-state index contributed by atoms with van der Waals surface area (Å²) >= 11 is 0. The van der Waals surface area contributed by atoms with Gasteiger partial charge in [-0.15, -0.1) is 0 Å². The second kappa shape index (κ2) is 12.4. The van der Waals surface area contributed by atoms with Crippen LogP contribution in [-0.4, -0.2) is 111 Å². The van der Waals surface area contributed by atoms with Crippen molar-refractivity contribution in [3.05, 3.63) is 18.5 Å². The number of likely N-dealkylation sites (N-methyl/N-ethyl adjacent to an activating group) is 1. The van der Waals surface area contributed by atoms with Gasteiger partial charge in [-0.3, -0.25) is 9.69 Å². The van der Waals surface area contributed by atoms with Crippen LogP contribution in [0.4, 0.5) is 5.95 Å². The van der Waals surface area contributed by atoms with Crippen LogP contribution in [0.3, 0.4) is 0 Å². The number of rotatable bonds is 8. The van der Waals surface area contributed by atoms with E-state index in [4.69, 9.17) is 4.74 Å². The fourth-order valence-electron chi connectivity index (χ4n) is 3.65. The Morgan fingerprint density at radius 3 is 2.58 bits per heavy atom. The van der Waals surface area contributed by atoms with Gasteiger partial charge in [0.05, 0.1) is 13.2 Å². The zero-order valence-corrected chi connectivity index (χ0v) is 18.8. The number of morpholine rings is 1. The van der Waals surface area contributed by atoms with E-state index in [1.165, 1.54) is 0 Å². The lowest BCUT2D eigenvalue weighted by Crippen LogP contribution is -2.49. The van der Waals surface area contributed by atoms with Crippen LogP contribution in [-0.2, 0) is 9.53 Å². The summed E-state index contributed by atoms with van der Waals surface area (Å²) in [6, 6.07) is 2.14. The number of hydrogen-bond acceptors (Lipinski definition) is 7. The molecule has 0 unspecified atom stereocenters. The second-order valence-electron chi connectivity index (χ2n) is 8.14. The van der Waals surface area contributed by atoms with Gasteiger partial charge in [-0.2, -0.15) is 0 Å². The van der Waals surface area contributed by atoms with Crippen LogP contribution < -0.4 is 15.5 Å². The molecule has 2 aliphatic heterocycles. The molecule has 1 amide bonds. The van der Waals surface area contributed by atoms with Crippen molar-refractivity contribution in [1.29, 1.82) is 0 Å². The molecule has 0 aliphatic carbocycles. The zero-order chi connectivity index (χ0) is 21.9. The summed E-state index contributed by atoms with van der Waals surface area (Å²) in [5.74, 6) is 1.49. The molecular formula is C21H36N8O2. The molecule has 0 atom stereocenters. The van der Waals surface area contributed by atoms with Crippen LogP contribution >= 0.6 is 0 Å². The van der Waals surface area contributed by atoms with Gasteiger partial charge >= 0.3 is 0 Å². The highest BCUT2D eigenvalue weighted by Gasteiger charge is 2.21. The number of anilines is 1. The number of nitrogens with one attached hydrogen (secondary N) is 2. The molecule has 0 saturated carbocycles. The summed E-state index contributed by atoms with van der Waals surface area (Å²) in [6.07, 6.45) is 6.51. The van der Waals surface area contributed by atoms with Crippen LogP contribution in [0.5, 0.6) is 0 Å². The van der Waals surface area contributed by atoms with Crippen molar-refractivity contribution >= 4 is 17.8 Å². The van der Waals surface area contributed by atoms with E-state index in [0.29, 0.717) is 12.0 Å². The number of guanidine groups is 1. The van der Waals surface area contributed by atoms with Gasteiger partial charge in [0.1, 0.15) is 6.54 Å². The SMILES string of the molecule is CN(C)C(=O)CN=C(NCCCN1CCOCC1)NC1CCN(c2ncccn2)CC1. The van der Waals surface area contributed by atoms with E-state index < -0.39 is 0 Å². The van der Waals surface area contributed by atoms with E-state index in [1.807, 2.05) is 6.07 Å². The minimum atomic E-state index is -0.00883. The molecule has 2 N–H and O–H groups in total. The van der Waals surface area contributed by atoms with E-state index >= 15 is 0 Å². The van der Waals surface area contributed by atoms with Gasteiger partial charge in [0.25, 0.3) is 0 Å². The molecule has 2 fully saturated rings. The third kappa shape index (κ3) is 7.95. The highest BCUT2D eigenvalue weighted by atomic mass is 16.5. The molecule has 31 heavy (non-hydrogen) atoms. The average molecular weight is 433 g/mol. The summed E-state index contributed by atoms with van der Waals surface area (Å²) in [4.78, 5) is 31.4. The van der Waals surface area contributed by atoms with Crippen LogP contribution in [0.25, 0.3) is 0 Å². The normalized spacial score (nSPS) is 18.6. The Kier molecular flexibility index (Phi) is 9.29. The largest absolute Gasteiger partial charge is 0.379 e. The molecule has 1 aromatic rings. The molecule has 3 heterocycles. The Bertz CT molecular complexity index is 686. The molecule has 1 aromatic heterocycles. The number of hydrogen-bond donors (Lipinski definition) is 2. The maximum atomic E-state index is 12.0. The third-order valence-electron chi connectivity index (χ3n) is 5.59. The van der Waals surface area contributed by atoms with Crippen molar-refractivity contribution in [1.82, 2.24) is 30.4 Å². The number of ether oxygens (including phenoxy) is 1. The topological polar surface area (TPSA) is 98.2 Å². The first-order valence-electron chi connectivity index (χ1n) is 11.2. The van der Waals surface area contributed by atoms with E-state index in [1.54, 1.807) is 31.4 Å². The fraction of sp³-hybridized carbons (Fsp3) is 0.714. The van der Waals surface area contributed by atoms with Crippen molar-refractivity contribution < 1.29 is 9.53 Å². The molecule has 0 spiro atoms. The van der Waals surface area contributed by atoms with E-state index in [0.717, 1.165) is 77.7 Å². The molecule has 0 radical (unpaired) electrons. The molecule has 0 aromatic carbocycles. The summed E-state index contributed by atoms with van der Waals surface area (Å²) in [5.41, 5.74) is 0. The Labute approximate surface area is 185 Å². The van der Waals surface area contributed by atoms with E-state index in [9.17, 15) is 4.79 Å². The Hall–Kier alpha value is -2.46. The lowest BCUT2D eigenvalue weighted by Gasteiger charge is -2.33. The number of nitrogens with zero attached hydrogens (tertiary/aromatic N) is 6. The van der Waals surface area contributed by atoms with Crippen molar-refractivity contribution in [3.8, 4) is 0 Å². The van der Waals surface area contributed by atoms with Gasteiger partial charge in [0.15, 0.2) is 5.96 Å². The number of carbonyl (C=O) groups excluding carboxylic acids is 1. The minimum absolute atomic E-state index is 0.00883. The molecule has 10 nitrogen and oxygen atoms in total. The molecule has 2 aliphatic rings. The van der Waals surface area contributed by atoms with Gasteiger partial charge in [-0.1, -0.05) is 0 Å². The third-order valence-corrected chi connectivity index (χ3v) is 5.59.